The van der Waals surface area contributed by atoms with E-state index in [-0.39, 0.29) is 18.1 Å². The van der Waals surface area contributed by atoms with Crippen molar-refractivity contribution in [2.45, 2.75) is 31.8 Å². The molecule has 1 heterocycles. The third-order valence-corrected chi connectivity index (χ3v) is 4.41. The fourth-order valence-electron chi connectivity index (χ4n) is 3.21. The molecule has 0 amide bonds. The minimum Gasteiger partial charge on any atom is -0.396 e. The number of hydrogen-bond donors (Lipinski definition) is 1. The first-order valence-corrected chi connectivity index (χ1v) is 6.81. The monoisotopic (exact) mass is 268 g/mol. The fourth-order valence-corrected chi connectivity index (χ4v) is 3.21. The minimum absolute atomic E-state index is 0.0349. The highest BCUT2D eigenvalue weighted by Crippen LogP contribution is 2.49. The summed E-state index contributed by atoms with van der Waals surface area (Å²) in [4.78, 5) is 0. The van der Waals surface area contributed by atoms with Gasteiger partial charge >= 0.3 is 0 Å². The van der Waals surface area contributed by atoms with Gasteiger partial charge in [0.05, 0.1) is 12.7 Å². The van der Waals surface area contributed by atoms with Gasteiger partial charge in [0, 0.05) is 12.0 Å². The predicted molar refractivity (Wildman–Crippen MR) is 66.7 cm³/mol. The van der Waals surface area contributed by atoms with Crippen LogP contribution in [0.1, 0.15) is 24.8 Å². The van der Waals surface area contributed by atoms with E-state index < -0.39 is 11.6 Å². The molecular formula is C15H18F2O2. The maximum atomic E-state index is 13.3. The molecule has 2 aliphatic rings. The first-order chi connectivity index (χ1) is 9.14. The van der Waals surface area contributed by atoms with E-state index >= 15 is 0 Å². The maximum Gasteiger partial charge on any atom is 0.159 e. The second-order valence-corrected chi connectivity index (χ2v) is 5.82. The molecule has 2 unspecified atom stereocenters. The standard InChI is InChI=1S/C15H18F2O2/c16-12-4-1-10(7-13(12)17)8-15(9-18)5-6-19-14(15)11-2-3-11/h1,4,7,11,14,18H,2-3,5-6,8-9H2. The molecular weight excluding hydrogens is 250 g/mol. The summed E-state index contributed by atoms with van der Waals surface area (Å²) in [6.45, 7) is 0.679. The number of ether oxygens (including phenoxy) is 1. The third-order valence-electron chi connectivity index (χ3n) is 4.41. The van der Waals surface area contributed by atoms with E-state index in [0.29, 0.717) is 18.9 Å². The summed E-state index contributed by atoms with van der Waals surface area (Å²) >= 11 is 0. The Hall–Kier alpha value is -1.00. The van der Waals surface area contributed by atoms with Crippen molar-refractivity contribution < 1.29 is 18.6 Å². The Morgan fingerprint density at radius 2 is 2.05 bits per heavy atom. The molecule has 1 saturated carbocycles. The van der Waals surface area contributed by atoms with Gasteiger partial charge < -0.3 is 9.84 Å². The SMILES string of the molecule is OCC1(Cc2ccc(F)c(F)c2)CCOC1C1CC1. The zero-order valence-corrected chi connectivity index (χ0v) is 10.7. The lowest BCUT2D eigenvalue weighted by Crippen LogP contribution is -2.38. The van der Waals surface area contributed by atoms with E-state index in [1.165, 1.54) is 6.07 Å². The van der Waals surface area contributed by atoms with E-state index in [0.717, 1.165) is 30.9 Å². The maximum absolute atomic E-state index is 13.3. The van der Waals surface area contributed by atoms with Crippen LogP contribution in [0.2, 0.25) is 0 Å². The lowest BCUT2D eigenvalue weighted by Gasteiger charge is -2.32. The molecule has 104 valence electrons. The fraction of sp³-hybridized carbons (Fsp3) is 0.600. The Kier molecular flexibility index (Phi) is 3.31. The molecule has 2 nitrogen and oxygen atoms in total. The van der Waals surface area contributed by atoms with Crippen LogP contribution in [0, 0.1) is 23.0 Å². The first kappa shape index (κ1) is 13.0. The zero-order chi connectivity index (χ0) is 13.5. The van der Waals surface area contributed by atoms with Gasteiger partial charge in [-0.3, -0.25) is 0 Å². The average Bonchev–Trinajstić information content (AvgIpc) is 3.16. The summed E-state index contributed by atoms with van der Waals surface area (Å²) in [5.41, 5.74) is 0.398. The van der Waals surface area contributed by atoms with E-state index in [2.05, 4.69) is 0 Å². The lowest BCUT2D eigenvalue weighted by molar-refractivity contribution is 0.000545. The molecule has 1 aliphatic carbocycles. The summed E-state index contributed by atoms with van der Waals surface area (Å²) < 4.78 is 32.0. The molecule has 19 heavy (non-hydrogen) atoms. The van der Waals surface area contributed by atoms with Crippen molar-refractivity contribution in [2.24, 2.45) is 11.3 Å². The number of aliphatic hydroxyl groups excluding tert-OH is 1. The van der Waals surface area contributed by atoms with Crippen molar-refractivity contribution in [1.29, 1.82) is 0 Å². The van der Waals surface area contributed by atoms with Crippen molar-refractivity contribution in [3.8, 4) is 0 Å². The number of aliphatic hydroxyl groups is 1. The minimum atomic E-state index is -0.830. The van der Waals surface area contributed by atoms with E-state index in [1.807, 2.05) is 0 Å². The quantitative estimate of drug-likeness (QED) is 0.909. The number of rotatable bonds is 4. The van der Waals surface area contributed by atoms with E-state index in [9.17, 15) is 13.9 Å². The Balaban J connectivity index is 1.83. The van der Waals surface area contributed by atoms with Crippen molar-refractivity contribution in [1.82, 2.24) is 0 Å². The predicted octanol–water partition coefficient (Wildman–Crippen LogP) is 2.68. The largest absolute Gasteiger partial charge is 0.396 e. The van der Waals surface area contributed by atoms with Gasteiger partial charge in [-0.2, -0.15) is 0 Å². The van der Waals surface area contributed by atoms with Crippen molar-refractivity contribution >= 4 is 0 Å². The molecule has 2 fully saturated rings. The summed E-state index contributed by atoms with van der Waals surface area (Å²) in [5, 5.41) is 9.80. The summed E-state index contributed by atoms with van der Waals surface area (Å²) in [6, 6.07) is 3.98. The van der Waals surface area contributed by atoms with Gasteiger partial charge in [0.15, 0.2) is 11.6 Å². The van der Waals surface area contributed by atoms with Crippen LogP contribution in [0.15, 0.2) is 18.2 Å². The van der Waals surface area contributed by atoms with Gasteiger partial charge in [0.2, 0.25) is 0 Å². The van der Waals surface area contributed by atoms with Crippen LogP contribution in [0.5, 0.6) is 0 Å². The van der Waals surface area contributed by atoms with E-state index in [4.69, 9.17) is 4.74 Å². The zero-order valence-electron chi connectivity index (χ0n) is 10.7. The number of benzene rings is 1. The van der Waals surface area contributed by atoms with Crippen molar-refractivity contribution in [3.05, 3.63) is 35.4 Å². The normalized spacial score (nSPS) is 30.8. The molecule has 2 atom stereocenters. The highest BCUT2D eigenvalue weighted by Gasteiger charge is 2.50. The van der Waals surface area contributed by atoms with Gasteiger partial charge in [0.1, 0.15) is 0 Å². The smallest absolute Gasteiger partial charge is 0.159 e. The lowest BCUT2D eigenvalue weighted by atomic mass is 9.75. The van der Waals surface area contributed by atoms with Crippen molar-refractivity contribution in [2.75, 3.05) is 13.2 Å². The highest BCUT2D eigenvalue weighted by atomic mass is 19.2. The molecule has 1 saturated heterocycles. The molecule has 0 aromatic heterocycles. The van der Waals surface area contributed by atoms with Crippen LogP contribution in [0.3, 0.4) is 0 Å². The molecule has 1 aromatic carbocycles. The van der Waals surface area contributed by atoms with Crippen molar-refractivity contribution in [3.63, 3.8) is 0 Å². The van der Waals surface area contributed by atoms with Crippen LogP contribution in [-0.2, 0) is 11.2 Å². The van der Waals surface area contributed by atoms with Crippen LogP contribution >= 0.6 is 0 Å². The summed E-state index contributed by atoms with van der Waals surface area (Å²) in [5.74, 6) is -1.13. The Morgan fingerprint density at radius 3 is 2.68 bits per heavy atom. The molecule has 0 radical (unpaired) electrons. The van der Waals surface area contributed by atoms with Crippen LogP contribution in [0.4, 0.5) is 8.78 Å². The second-order valence-electron chi connectivity index (χ2n) is 5.82. The van der Waals surface area contributed by atoms with Crippen LogP contribution in [-0.4, -0.2) is 24.4 Å². The van der Waals surface area contributed by atoms with E-state index in [1.54, 1.807) is 6.07 Å². The topological polar surface area (TPSA) is 29.5 Å². The Morgan fingerprint density at radius 1 is 1.26 bits per heavy atom. The molecule has 0 spiro atoms. The second kappa shape index (κ2) is 4.84. The molecule has 3 rings (SSSR count). The summed E-state index contributed by atoms with van der Waals surface area (Å²) in [6.07, 6.45) is 3.67. The molecule has 1 aromatic rings. The van der Waals surface area contributed by atoms with Gasteiger partial charge in [-0.05, 0) is 49.3 Å². The number of halogens is 2. The third kappa shape index (κ3) is 2.39. The Bertz CT molecular complexity index is 473. The molecule has 1 N–H and O–H groups in total. The highest BCUT2D eigenvalue weighted by molar-refractivity contribution is 5.21. The molecule has 1 aliphatic heterocycles. The first-order valence-electron chi connectivity index (χ1n) is 6.81. The number of hydrogen-bond acceptors (Lipinski definition) is 2. The van der Waals surface area contributed by atoms with Gasteiger partial charge in [-0.1, -0.05) is 6.07 Å². The van der Waals surface area contributed by atoms with Gasteiger partial charge in [0.25, 0.3) is 0 Å². The molecule has 0 bridgehead atoms. The van der Waals surface area contributed by atoms with Crippen LogP contribution in [0.25, 0.3) is 0 Å². The summed E-state index contributed by atoms with van der Waals surface area (Å²) in [7, 11) is 0. The average molecular weight is 268 g/mol. The van der Waals surface area contributed by atoms with Gasteiger partial charge in [-0.15, -0.1) is 0 Å². The molecule has 4 heteroatoms. The van der Waals surface area contributed by atoms with Crippen LogP contribution < -0.4 is 0 Å². The van der Waals surface area contributed by atoms with Gasteiger partial charge in [-0.25, -0.2) is 8.78 Å². The Labute approximate surface area is 111 Å².